The van der Waals surface area contributed by atoms with Crippen molar-refractivity contribution in [3.05, 3.63) is 240 Å². The summed E-state index contributed by atoms with van der Waals surface area (Å²) >= 11 is 0. The summed E-state index contributed by atoms with van der Waals surface area (Å²) in [5.41, 5.74) is 12.7. The second-order valence-electron chi connectivity index (χ2n) is 16.2. The molecule has 1 aromatic heterocycles. The first-order valence-electron chi connectivity index (χ1n) is 20.9. The molecular weight excluding hydrogens is 767 g/mol. The predicted octanol–water partition coefficient (Wildman–Crippen LogP) is 15.8. The number of rotatable bonds is 4. The maximum absolute atomic E-state index is 15.5. The molecule has 5 heteroatoms. The summed E-state index contributed by atoms with van der Waals surface area (Å²) in [5, 5.41) is 5.94. The van der Waals surface area contributed by atoms with E-state index in [1.807, 2.05) is 24.3 Å². The van der Waals surface area contributed by atoms with Crippen LogP contribution in [0.3, 0.4) is 0 Å². The van der Waals surface area contributed by atoms with Crippen LogP contribution in [0, 0.1) is 11.6 Å². The van der Waals surface area contributed by atoms with Gasteiger partial charge in [0, 0.05) is 27.5 Å². The van der Waals surface area contributed by atoms with Gasteiger partial charge >= 0.3 is 0 Å². The van der Waals surface area contributed by atoms with Crippen LogP contribution in [-0.4, -0.2) is 0 Å². The lowest BCUT2D eigenvalue weighted by atomic mass is 9.64. The lowest BCUT2D eigenvalue weighted by Crippen LogP contribution is -2.36. The van der Waals surface area contributed by atoms with Crippen molar-refractivity contribution in [1.29, 1.82) is 0 Å². The van der Waals surface area contributed by atoms with Crippen molar-refractivity contribution < 1.29 is 13.2 Å². The Bertz CT molecular complexity index is 3580. The van der Waals surface area contributed by atoms with Gasteiger partial charge in [-0.1, -0.05) is 140 Å². The van der Waals surface area contributed by atoms with Crippen molar-refractivity contribution in [2.45, 2.75) is 5.41 Å². The smallest absolute Gasteiger partial charge is 0.171 e. The molecule has 2 heterocycles. The molecule has 1 aliphatic carbocycles. The van der Waals surface area contributed by atoms with Gasteiger partial charge in [-0.2, -0.15) is 0 Å². The van der Waals surface area contributed by atoms with Gasteiger partial charge in [0.1, 0.15) is 5.82 Å². The largest absolute Gasteiger partial charge is 0.451 e. The van der Waals surface area contributed by atoms with E-state index in [9.17, 15) is 4.39 Å². The third kappa shape index (κ3) is 4.62. The Hall–Kier alpha value is -8.02. The third-order valence-corrected chi connectivity index (χ3v) is 13.1. The molecule has 62 heavy (non-hydrogen) atoms. The number of furan rings is 1. The summed E-state index contributed by atoms with van der Waals surface area (Å²) in [5.74, 6) is -0.761. The maximum atomic E-state index is 15.5. The van der Waals surface area contributed by atoms with Crippen LogP contribution in [0.25, 0.3) is 54.6 Å². The Morgan fingerprint density at radius 2 is 1.02 bits per heavy atom. The lowest BCUT2D eigenvalue weighted by Gasteiger charge is -2.45. The van der Waals surface area contributed by atoms with E-state index in [0.29, 0.717) is 16.7 Å². The molecule has 0 amide bonds. The Morgan fingerprint density at radius 3 is 1.77 bits per heavy atom. The fourth-order valence-corrected chi connectivity index (χ4v) is 10.7. The van der Waals surface area contributed by atoms with Crippen molar-refractivity contribution in [1.82, 2.24) is 0 Å². The first-order chi connectivity index (χ1) is 30.6. The van der Waals surface area contributed by atoms with Gasteiger partial charge in [0.05, 0.1) is 28.2 Å². The first kappa shape index (κ1) is 34.8. The van der Waals surface area contributed by atoms with Gasteiger partial charge in [0.2, 0.25) is 0 Å². The molecule has 3 nitrogen and oxygen atoms in total. The monoisotopic (exact) mass is 800 g/mol. The van der Waals surface area contributed by atoms with E-state index in [2.05, 4.69) is 155 Å². The molecule has 0 saturated carbocycles. The number of nitrogens with zero attached hydrogens (tertiary/aromatic N) is 2. The quantitative estimate of drug-likeness (QED) is 0.177. The molecule has 0 fully saturated rings. The zero-order valence-electron chi connectivity index (χ0n) is 33.2. The maximum Gasteiger partial charge on any atom is 0.171 e. The minimum atomic E-state index is -0.769. The molecule has 10 aromatic carbocycles. The summed E-state index contributed by atoms with van der Waals surface area (Å²) in [4.78, 5) is 4.55. The minimum absolute atomic E-state index is 0.201. The molecule has 292 valence electrons. The van der Waals surface area contributed by atoms with Gasteiger partial charge in [-0.3, -0.25) is 0 Å². The first-order valence-corrected chi connectivity index (χ1v) is 20.9. The zero-order chi connectivity index (χ0) is 41.1. The highest BCUT2D eigenvalue weighted by atomic mass is 19.1. The van der Waals surface area contributed by atoms with Crippen LogP contribution in [0.4, 0.5) is 42.9 Å². The Balaban J connectivity index is 1.21. The van der Waals surface area contributed by atoms with Crippen molar-refractivity contribution >= 4 is 77.6 Å². The van der Waals surface area contributed by atoms with E-state index in [1.165, 1.54) is 56.8 Å². The minimum Gasteiger partial charge on any atom is -0.451 e. The molecular formula is C57H34F2N2O. The summed E-state index contributed by atoms with van der Waals surface area (Å²) in [7, 11) is 0. The summed E-state index contributed by atoms with van der Waals surface area (Å²) in [6.45, 7) is 0. The highest BCUT2D eigenvalue weighted by Gasteiger charge is 2.53. The van der Waals surface area contributed by atoms with Crippen LogP contribution in [0.1, 0.15) is 22.3 Å². The number of hydrogen-bond acceptors (Lipinski definition) is 3. The average molecular weight is 801 g/mol. The van der Waals surface area contributed by atoms with Crippen molar-refractivity contribution in [2.24, 2.45) is 0 Å². The lowest BCUT2D eigenvalue weighted by molar-refractivity contribution is 0.584. The Morgan fingerprint density at radius 1 is 0.419 bits per heavy atom. The van der Waals surface area contributed by atoms with Crippen LogP contribution >= 0.6 is 0 Å². The summed E-state index contributed by atoms with van der Waals surface area (Å²) in [6, 6.07) is 70.1. The van der Waals surface area contributed by atoms with Crippen LogP contribution in [0.5, 0.6) is 0 Å². The number of anilines is 6. The van der Waals surface area contributed by atoms with Gasteiger partial charge in [-0.05, 0) is 116 Å². The van der Waals surface area contributed by atoms with Gasteiger partial charge in [-0.15, -0.1) is 0 Å². The molecule has 0 unspecified atom stereocenters. The summed E-state index contributed by atoms with van der Waals surface area (Å²) in [6.07, 6.45) is 0. The Kier molecular flexibility index (Phi) is 7.29. The van der Waals surface area contributed by atoms with Gasteiger partial charge < -0.3 is 14.2 Å². The molecule has 11 aromatic rings. The van der Waals surface area contributed by atoms with Crippen molar-refractivity contribution in [3.8, 4) is 11.1 Å². The highest BCUT2D eigenvalue weighted by Crippen LogP contribution is 2.66. The third-order valence-electron chi connectivity index (χ3n) is 13.1. The predicted molar refractivity (Wildman–Crippen MR) is 249 cm³/mol. The van der Waals surface area contributed by atoms with Gasteiger partial charge in [0.15, 0.2) is 17.0 Å². The topological polar surface area (TPSA) is 19.6 Å². The second kappa shape index (κ2) is 13.0. The number of para-hydroxylation sites is 5. The fraction of sp³-hybridized carbons (Fsp3) is 0.0175. The number of fused-ring (bicyclic) bond motifs is 16. The van der Waals surface area contributed by atoms with E-state index < -0.39 is 11.2 Å². The van der Waals surface area contributed by atoms with Crippen LogP contribution in [-0.2, 0) is 5.41 Å². The van der Waals surface area contributed by atoms with Crippen LogP contribution < -0.4 is 9.80 Å². The van der Waals surface area contributed by atoms with Crippen LogP contribution in [0.15, 0.2) is 211 Å². The van der Waals surface area contributed by atoms with E-state index in [0.717, 1.165) is 50.2 Å². The number of hydrogen-bond donors (Lipinski definition) is 0. The van der Waals surface area contributed by atoms with E-state index in [4.69, 9.17) is 4.42 Å². The Labute approximate surface area is 355 Å². The highest BCUT2D eigenvalue weighted by molar-refractivity contribution is 6.18. The normalized spacial score (nSPS) is 13.4. The molecule has 2 aliphatic rings. The van der Waals surface area contributed by atoms with Crippen molar-refractivity contribution in [3.63, 3.8) is 0 Å². The van der Waals surface area contributed by atoms with E-state index >= 15 is 4.39 Å². The molecule has 0 radical (unpaired) electrons. The molecule has 1 aliphatic heterocycles. The van der Waals surface area contributed by atoms with Gasteiger partial charge in [0.25, 0.3) is 0 Å². The second-order valence-corrected chi connectivity index (χ2v) is 16.2. The van der Waals surface area contributed by atoms with Crippen LogP contribution in [0.2, 0.25) is 0 Å². The fourth-order valence-electron chi connectivity index (χ4n) is 10.7. The SMILES string of the molecule is Fc1ccc(N(c2cc3c(c4ccccc24)-c2c(ccc4ccccc24)C32c3ccccc3N(c3ccccc3)c3ccccc32)c2cccc3c2oc2c(F)cccc23)cc1. The molecule has 0 atom stereocenters. The molecule has 0 bridgehead atoms. The average Bonchev–Trinajstić information content (AvgIpc) is 3.86. The molecule has 13 rings (SSSR count). The standard InChI is InChI=1S/C57H34F2N2O/c58-36-29-31-38(32-30-36)61(51-27-13-21-43-42-20-12-24-48(59)55(42)62-56(43)51)52-34-47-54(41-19-7-6-18-40(41)52)53-39-17-5-4-14-35(39)28-33-46(53)57(47)44-22-8-10-25-49(44)60(37-15-2-1-3-16-37)50-26-11-9-23-45(50)57/h1-34H. The molecule has 1 spiro atoms. The summed E-state index contributed by atoms with van der Waals surface area (Å²) < 4.78 is 36.9. The number of benzene rings is 10. The van der Waals surface area contributed by atoms with E-state index in [-0.39, 0.29) is 11.4 Å². The molecule has 0 N–H and O–H groups in total. The molecule has 0 saturated heterocycles. The van der Waals surface area contributed by atoms with Gasteiger partial charge in [-0.25, -0.2) is 8.78 Å². The van der Waals surface area contributed by atoms with Crippen molar-refractivity contribution in [2.75, 3.05) is 9.80 Å². The van der Waals surface area contributed by atoms with E-state index in [1.54, 1.807) is 18.2 Å². The zero-order valence-corrected chi connectivity index (χ0v) is 33.2. The number of halogens is 2.